The number of rotatable bonds is 1. The first-order valence-electron chi connectivity index (χ1n) is 16.7. The predicted octanol–water partition coefficient (Wildman–Crippen LogP) is 6.04. The van der Waals surface area contributed by atoms with Gasteiger partial charge in [0.1, 0.15) is 0 Å². The van der Waals surface area contributed by atoms with Crippen molar-refractivity contribution in [3.8, 4) is 0 Å². The molecule has 5 aliphatic heterocycles. The van der Waals surface area contributed by atoms with Gasteiger partial charge >= 0.3 is 0 Å². The molecule has 3 bridgehead atoms. The molecule has 2 saturated heterocycles. The lowest BCUT2D eigenvalue weighted by Gasteiger charge is -2.59. The van der Waals surface area contributed by atoms with Gasteiger partial charge in [-0.25, -0.2) is 0 Å². The van der Waals surface area contributed by atoms with E-state index in [9.17, 15) is 5.11 Å². The molecule has 2 aromatic rings. The molecule has 5 heteroatoms. The summed E-state index contributed by atoms with van der Waals surface area (Å²) in [7, 11) is 0. The van der Waals surface area contributed by atoms with Crippen LogP contribution in [0.4, 0.5) is 0 Å². The lowest BCUT2D eigenvalue weighted by atomic mass is 9.54. The van der Waals surface area contributed by atoms with Gasteiger partial charge < -0.3 is 20.3 Å². The topological polar surface area (TPSA) is 54.5 Å². The van der Waals surface area contributed by atoms with Crippen LogP contribution in [0.15, 0.2) is 60.2 Å². The molecule has 1 spiro atoms. The fourth-order valence-corrected chi connectivity index (χ4v) is 10.2. The molecule has 1 aromatic heterocycles. The van der Waals surface area contributed by atoms with E-state index >= 15 is 0 Å². The average Bonchev–Trinajstić information content (AvgIpc) is 3.49. The van der Waals surface area contributed by atoms with Gasteiger partial charge in [-0.2, -0.15) is 0 Å². The lowest BCUT2D eigenvalue weighted by Crippen LogP contribution is -2.66. The molecule has 6 aliphatic rings. The molecule has 1 aliphatic carbocycles. The maximum Gasteiger partial charge on any atom is 0.0994 e. The zero-order chi connectivity index (χ0) is 27.4. The summed E-state index contributed by atoms with van der Waals surface area (Å²) in [5, 5.41) is 18.5. The van der Waals surface area contributed by atoms with Crippen LogP contribution in [0, 0.1) is 11.3 Å². The minimum Gasteiger partial charge on any atom is -0.384 e. The van der Waals surface area contributed by atoms with Crippen molar-refractivity contribution in [3.63, 3.8) is 0 Å². The van der Waals surface area contributed by atoms with E-state index in [-0.39, 0.29) is 17.5 Å². The first kappa shape index (κ1) is 26.4. The number of aliphatic hydroxyl groups is 1. The number of hydrogen-bond donors (Lipinski definition) is 3. The lowest BCUT2D eigenvalue weighted by molar-refractivity contribution is -0.0984. The van der Waals surface area contributed by atoms with Crippen LogP contribution in [0.5, 0.6) is 0 Å². The Labute approximate surface area is 245 Å². The van der Waals surface area contributed by atoms with Crippen molar-refractivity contribution in [3.05, 3.63) is 71.5 Å². The van der Waals surface area contributed by atoms with Crippen LogP contribution in [-0.4, -0.2) is 70.3 Å². The van der Waals surface area contributed by atoms with Crippen molar-refractivity contribution in [2.45, 2.75) is 94.4 Å². The summed E-state index contributed by atoms with van der Waals surface area (Å²) < 4.78 is 0. The van der Waals surface area contributed by atoms with Gasteiger partial charge in [0.05, 0.1) is 17.7 Å². The third kappa shape index (κ3) is 4.33. The molecule has 8 rings (SSSR count). The second-order valence-corrected chi connectivity index (χ2v) is 14.0. The summed E-state index contributed by atoms with van der Waals surface area (Å²) in [4.78, 5) is 9.45. The second-order valence-electron chi connectivity index (χ2n) is 14.0. The molecule has 5 nitrogen and oxygen atoms in total. The fraction of sp³-hybridized carbons (Fsp3) is 0.611. The Morgan fingerprint density at radius 3 is 2.73 bits per heavy atom. The van der Waals surface area contributed by atoms with E-state index < -0.39 is 5.60 Å². The Balaban J connectivity index is 1.30. The zero-order valence-electron chi connectivity index (χ0n) is 24.7. The highest BCUT2D eigenvalue weighted by Crippen LogP contribution is 2.61. The van der Waals surface area contributed by atoms with Gasteiger partial charge in [0.2, 0.25) is 0 Å². The monoisotopic (exact) mass is 552 g/mol. The van der Waals surface area contributed by atoms with Gasteiger partial charge in [-0.05, 0) is 113 Å². The third-order valence-corrected chi connectivity index (χ3v) is 11.7. The summed E-state index contributed by atoms with van der Waals surface area (Å²) in [6, 6.07) is 9.61. The average molecular weight is 553 g/mol. The highest BCUT2D eigenvalue weighted by atomic mass is 16.3. The number of fused-ring (bicyclic) bond motifs is 5. The highest BCUT2D eigenvalue weighted by molar-refractivity contribution is 5.85. The highest BCUT2D eigenvalue weighted by Gasteiger charge is 2.66. The largest absolute Gasteiger partial charge is 0.384 e. The van der Waals surface area contributed by atoms with Gasteiger partial charge in [0, 0.05) is 41.1 Å². The molecule has 6 heterocycles. The van der Waals surface area contributed by atoms with Crippen LogP contribution in [0.3, 0.4) is 0 Å². The van der Waals surface area contributed by atoms with Crippen LogP contribution >= 0.6 is 0 Å². The van der Waals surface area contributed by atoms with E-state index in [1.54, 1.807) is 0 Å². The van der Waals surface area contributed by atoms with Crippen LogP contribution in [0.2, 0.25) is 0 Å². The van der Waals surface area contributed by atoms with E-state index in [4.69, 9.17) is 0 Å². The summed E-state index contributed by atoms with van der Waals surface area (Å²) in [5.41, 5.74) is 4.80. The SMILES string of the molecule is O[C@]12C=C([C@@H]3NCCc4c3[nH]c3ccccc43)[C@@H]3CCN(CCCC/C=C\CC1)C[C@@]31C[C@@H]3/C=C\CCCCN3[C@H]12. The first-order valence-corrected chi connectivity index (χ1v) is 16.7. The Morgan fingerprint density at radius 1 is 0.927 bits per heavy atom. The van der Waals surface area contributed by atoms with E-state index in [1.165, 1.54) is 92.2 Å². The van der Waals surface area contributed by atoms with Crippen molar-refractivity contribution in [1.82, 2.24) is 20.1 Å². The van der Waals surface area contributed by atoms with E-state index in [1.807, 2.05) is 0 Å². The smallest absolute Gasteiger partial charge is 0.0994 e. The summed E-state index contributed by atoms with van der Waals surface area (Å²) in [6.07, 6.45) is 24.8. The number of para-hydroxylation sites is 1. The van der Waals surface area contributed by atoms with Gasteiger partial charge in [-0.3, -0.25) is 4.90 Å². The number of H-pyrrole nitrogens is 1. The predicted molar refractivity (Wildman–Crippen MR) is 167 cm³/mol. The first-order chi connectivity index (χ1) is 20.2. The third-order valence-electron chi connectivity index (χ3n) is 11.7. The van der Waals surface area contributed by atoms with Gasteiger partial charge in [0.25, 0.3) is 0 Å². The second kappa shape index (κ2) is 10.5. The Morgan fingerprint density at radius 2 is 1.78 bits per heavy atom. The molecule has 41 heavy (non-hydrogen) atoms. The number of aromatic amines is 1. The molecule has 0 amide bonds. The maximum atomic E-state index is 13.1. The summed E-state index contributed by atoms with van der Waals surface area (Å²) in [5.74, 6) is 0.487. The number of piperidine rings is 1. The number of benzene rings is 1. The number of nitrogens with one attached hydrogen (secondary N) is 2. The molecule has 3 N–H and O–H groups in total. The molecule has 0 saturated carbocycles. The summed E-state index contributed by atoms with van der Waals surface area (Å²) in [6.45, 7) is 5.61. The molecule has 2 fully saturated rings. The molecule has 218 valence electrons. The van der Waals surface area contributed by atoms with Crippen LogP contribution in [0.25, 0.3) is 10.9 Å². The Kier molecular flexibility index (Phi) is 6.78. The Bertz CT molecular complexity index is 1370. The normalized spacial score (nSPS) is 41.0. The van der Waals surface area contributed by atoms with Crippen LogP contribution in [-0.2, 0) is 6.42 Å². The quantitative estimate of drug-likeness (QED) is 0.378. The molecule has 1 unspecified atom stereocenters. The maximum absolute atomic E-state index is 13.1. The number of allylic oxidation sites excluding steroid dienone is 3. The Hall–Kier alpha value is -2.18. The minimum atomic E-state index is -0.833. The van der Waals surface area contributed by atoms with Crippen molar-refractivity contribution in [2.75, 3.05) is 32.7 Å². The number of nitrogens with zero attached hydrogens (tertiary/aromatic N) is 2. The minimum absolute atomic E-state index is 0.0690. The standard InChI is InChI=1S/C36H48N4O/c41-36-18-10-4-1-2-5-11-20-39-22-17-30(35(25-39)23-26-13-7-3-6-12-21-40(26)34(35)36)29(24-36)32-33-28(16-19-37-32)27-14-8-9-15-31(27)38-33/h1,4,7-9,13-15,24,26,30,32,34,37-38,41H,2-3,5-6,10-12,16-23,25H2/b4-1-,13-7-/t26-,30-,32-,34+,35-,36-/m0/s1. The van der Waals surface area contributed by atoms with E-state index in [0.717, 1.165) is 38.9 Å². The van der Waals surface area contributed by atoms with Crippen LogP contribution in [0.1, 0.15) is 81.5 Å². The van der Waals surface area contributed by atoms with Gasteiger partial charge in [-0.15, -0.1) is 0 Å². The van der Waals surface area contributed by atoms with Crippen molar-refractivity contribution >= 4 is 10.9 Å². The molecular formula is C36H48N4O. The number of hydrogen-bond acceptors (Lipinski definition) is 4. The number of aromatic nitrogens is 1. The van der Waals surface area contributed by atoms with Crippen molar-refractivity contribution < 1.29 is 5.11 Å². The van der Waals surface area contributed by atoms with Gasteiger partial charge in [0.15, 0.2) is 0 Å². The molecule has 7 atom stereocenters. The molecular weight excluding hydrogens is 504 g/mol. The van der Waals surface area contributed by atoms with Gasteiger partial charge in [-0.1, -0.05) is 48.6 Å². The molecule has 1 aromatic carbocycles. The van der Waals surface area contributed by atoms with E-state index in [2.05, 4.69) is 74.7 Å². The fourth-order valence-electron chi connectivity index (χ4n) is 10.2. The van der Waals surface area contributed by atoms with Crippen molar-refractivity contribution in [2.24, 2.45) is 11.3 Å². The molecule has 0 radical (unpaired) electrons. The van der Waals surface area contributed by atoms with Crippen LogP contribution < -0.4 is 5.32 Å². The summed E-state index contributed by atoms with van der Waals surface area (Å²) >= 11 is 0. The van der Waals surface area contributed by atoms with E-state index in [0.29, 0.717) is 12.0 Å². The zero-order valence-corrected chi connectivity index (χ0v) is 24.7. The van der Waals surface area contributed by atoms with Crippen molar-refractivity contribution in [1.29, 1.82) is 0 Å².